The third-order valence-corrected chi connectivity index (χ3v) is 4.79. The zero-order valence-corrected chi connectivity index (χ0v) is 11.4. The van der Waals surface area contributed by atoms with Crippen LogP contribution in [-0.4, -0.2) is 23.3 Å². The van der Waals surface area contributed by atoms with Gasteiger partial charge in [0.1, 0.15) is 0 Å². The van der Waals surface area contributed by atoms with Crippen LogP contribution in [-0.2, 0) is 6.54 Å². The van der Waals surface area contributed by atoms with Gasteiger partial charge in [0.15, 0.2) is 0 Å². The highest BCUT2D eigenvalue weighted by Crippen LogP contribution is 2.20. The molecule has 2 rings (SSSR count). The SMILES string of the molecule is BrCC1CCCN(Cc2ccsc2)CC1. The molecule has 1 unspecified atom stereocenters. The summed E-state index contributed by atoms with van der Waals surface area (Å²) in [4.78, 5) is 2.60. The van der Waals surface area contributed by atoms with Gasteiger partial charge in [0.25, 0.3) is 0 Å². The molecule has 2 heterocycles. The second kappa shape index (κ2) is 6.02. The van der Waals surface area contributed by atoms with Gasteiger partial charge in [-0.05, 0) is 60.7 Å². The van der Waals surface area contributed by atoms with E-state index in [2.05, 4.69) is 37.7 Å². The van der Waals surface area contributed by atoms with Crippen molar-refractivity contribution in [2.75, 3.05) is 18.4 Å². The third-order valence-electron chi connectivity index (χ3n) is 3.14. The van der Waals surface area contributed by atoms with Crippen molar-refractivity contribution in [1.82, 2.24) is 4.90 Å². The zero-order chi connectivity index (χ0) is 10.5. The van der Waals surface area contributed by atoms with Gasteiger partial charge in [0, 0.05) is 11.9 Å². The Labute approximate surface area is 105 Å². The summed E-state index contributed by atoms with van der Waals surface area (Å²) in [6.07, 6.45) is 4.11. The summed E-state index contributed by atoms with van der Waals surface area (Å²) in [6.45, 7) is 3.70. The molecule has 0 amide bonds. The molecular weight excluding hydrogens is 270 g/mol. The predicted octanol–water partition coefficient (Wildman–Crippen LogP) is 3.75. The topological polar surface area (TPSA) is 3.24 Å². The molecule has 1 fully saturated rings. The van der Waals surface area contributed by atoms with Gasteiger partial charge < -0.3 is 0 Å². The van der Waals surface area contributed by atoms with Crippen molar-refractivity contribution in [2.45, 2.75) is 25.8 Å². The lowest BCUT2D eigenvalue weighted by Gasteiger charge is -2.19. The summed E-state index contributed by atoms with van der Waals surface area (Å²) in [7, 11) is 0. The molecule has 3 heteroatoms. The van der Waals surface area contributed by atoms with Crippen molar-refractivity contribution in [3.8, 4) is 0 Å². The van der Waals surface area contributed by atoms with Crippen LogP contribution in [0.2, 0.25) is 0 Å². The Morgan fingerprint density at radius 3 is 3.07 bits per heavy atom. The van der Waals surface area contributed by atoms with Crippen molar-refractivity contribution < 1.29 is 0 Å². The summed E-state index contributed by atoms with van der Waals surface area (Å²) < 4.78 is 0. The molecule has 1 aromatic heterocycles. The second-order valence-electron chi connectivity index (χ2n) is 4.36. The zero-order valence-electron chi connectivity index (χ0n) is 8.99. The van der Waals surface area contributed by atoms with E-state index in [0.29, 0.717) is 0 Å². The van der Waals surface area contributed by atoms with E-state index in [1.54, 1.807) is 11.3 Å². The van der Waals surface area contributed by atoms with Gasteiger partial charge in [0.2, 0.25) is 0 Å². The molecule has 0 aromatic carbocycles. The average molecular weight is 288 g/mol. The fraction of sp³-hybridized carbons (Fsp3) is 0.667. The van der Waals surface area contributed by atoms with Crippen LogP contribution in [0.1, 0.15) is 24.8 Å². The van der Waals surface area contributed by atoms with E-state index in [1.165, 1.54) is 43.2 Å². The monoisotopic (exact) mass is 287 g/mol. The van der Waals surface area contributed by atoms with Crippen molar-refractivity contribution >= 4 is 27.3 Å². The van der Waals surface area contributed by atoms with Crippen LogP contribution in [0.4, 0.5) is 0 Å². The van der Waals surface area contributed by atoms with Crippen LogP contribution in [0.3, 0.4) is 0 Å². The van der Waals surface area contributed by atoms with Gasteiger partial charge in [-0.3, -0.25) is 4.90 Å². The first kappa shape index (κ1) is 11.6. The molecule has 0 aliphatic carbocycles. The van der Waals surface area contributed by atoms with Crippen LogP contribution in [0.5, 0.6) is 0 Å². The fourth-order valence-electron chi connectivity index (χ4n) is 2.18. The smallest absolute Gasteiger partial charge is 0.0241 e. The van der Waals surface area contributed by atoms with Crippen molar-refractivity contribution in [3.63, 3.8) is 0 Å². The lowest BCUT2D eigenvalue weighted by Crippen LogP contribution is -2.24. The van der Waals surface area contributed by atoms with Gasteiger partial charge >= 0.3 is 0 Å². The fourth-order valence-corrected chi connectivity index (χ4v) is 3.49. The van der Waals surface area contributed by atoms with Gasteiger partial charge in [-0.25, -0.2) is 0 Å². The first-order valence-corrected chi connectivity index (χ1v) is 7.74. The Kier molecular flexibility index (Phi) is 4.66. The number of rotatable bonds is 3. The van der Waals surface area contributed by atoms with Crippen molar-refractivity contribution in [1.29, 1.82) is 0 Å². The summed E-state index contributed by atoms with van der Waals surface area (Å²) in [5, 5.41) is 5.63. The standard InChI is InChI=1S/C12H18BrNS/c13-8-11-2-1-5-14(6-3-11)9-12-4-7-15-10-12/h4,7,10-11H,1-3,5-6,8-9H2. The van der Waals surface area contributed by atoms with Gasteiger partial charge in [0.05, 0.1) is 0 Å². The number of thiophene rings is 1. The summed E-state index contributed by atoms with van der Waals surface area (Å²) in [6, 6.07) is 2.25. The van der Waals surface area contributed by atoms with E-state index in [0.717, 1.165) is 12.5 Å². The maximum atomic E-state index is 3.61. The number of halogens is 1. The van der Waals surface area contributed by atoms with E-state index in [9.17, 15) is 0 Å². The first-order chi connectivity index (χ1) is 7.38. The normalized spacial score (nSPS) is 23.9. The van der Waals surface area contributed by atoms with E-state index in [4.69, 9.17) is 0 Å². The Morgan fingerprint density at radius 2 is 2.33 bits per heavy atom. The van der Waals surface area contributed by atoms with E-state index in [-0.39, 0.29) is 0 Å². The highest BCUT2D eigenvalue weighted by atomic mass is 79.9. The molecule has 1 saturated heterocycles. The molecule has 15 heavy (non-hydrogen) atoms. The third kappa shape index (κ3) is 3.58. The predicted molar refractivity (Wildman–Crippen MR) is 70.7 cm³/mol. The maximum absolute atomic E-state index is 3.61. The molecule has 0 spiro atoms. The molecule has 1 nitrogen and oxygen atoms in total. The number of alkyl halides is 1. The highest BCUT2D eigenvalue weighted by molar-refractivity contribution is 9.09. The van der Waals surface area contributed by atoms with Crippen LogP contribution >= 0.6 is 27.3 Å². The lowest BCUT2D eigenvalue weighted by molar-refractivity contribution is 0.274. The first-order valence-electron chi connectivity index (χ1n) is 5.68. The molecule has 0 radical (unpaired) electrons. The van der Waals surface area contributed by atoms with E-state index < -0.39 is 0 Å². The molecular formula is C12H18BrNS. The number of nitrogens with zero attached hydrogens (tertiary/aromatic N) is 1. The Morgan fingerprint density at radius 1 is 1.40 bits per heavy atom. The van der Waals surface area contributed by atoms with Crippen LogP contribution in [0.15, 0.2) is 16.8 Å². The highest BCUT2D eigenvalue weighted by Gasteiger charge is 2.15. The molecule has 84 valence electrons. The van der Waals surface area contributed by atoms with Crippen molar-refractivity contribution in [2.24, 2.45) is 5.92 Å². The molecule has 1 aliphatic heterocycles. The maximum Gasteiger partial charge on any atom is 0.0241 e. The Hall–Kier alpha value is 0.140. The minimum Gasteiger partial charge on any atom is -0.299 e. The minimum absolute atomic E-state index is 0.900. The van der Waals surface area contributed by atoms with Gasteiger partial charge in [-0.15, -0.1) is 0 Å². The molecule has 1 atom stereocenters. The molecule has 0 saturated carbocycles. The average Bonchev–Trinajstić information content (AvgIpc) is 2.64. The minimum atomic E-state index is 0.900. The Balaban J connectivity index is 1.83. The molecule has 0 N–H and O–H groups in total. The lowest BCUT2D eigenvalue weighted by atomic mass is 10.0. The Bertz CT molecular complexity index is 273. The summed E-state index contributed by atoms with van der Waals surface area (Å²) >= 11 is 5.41. The van der Waals surface area contributed by atoms with Gasteiger partial charge in [-0.1, -0.05) is 15.9 Å². The number of likely N-dealkylation sites (tertiary alicyclic amines) is 1. The molecule has 1 aliphatic rings. The summed E-state index contributed by atoms with van der Waals surface area (Å²) in [5.41, 5.74) is 1.48. The van der Waals surface area contributed by atoms with Crippen LogP contribution in [0.25, 0.3) is 0 Å². The van der Waals surface area contributed by atoms with Crippen LogP contribution < -0.4 is 0 Å². The molecule has 0 bridgehead atoms. The van der Waals surface area contributed by atoms with Crippen LogP contribution in [0, 0.1) is 5.92 Å². The van der Waals surface area contributed by atoms with E-state index >= 15 is 0 Å². The van der Waals surface area contributed by atoms with E-state index in [1.807, 2.05) is 0 Å². The van der Waals surface area contributed by atoms with Gasteiger partial charge in [-0.2, -0.15) is 11.3 Å². The summed E-state index contributed by atoms with van der Waals surface area (Å²) in [5.74, 6) is 0.900. The second-order valence-corrected chi connectivity index (χ2v) is 5.79. The number of hydrogen-bond donors (Lipinski definition) is 0. The number of hydrogen-bond acceptors (Lipinski definition) is 2. The molecule has 1 aromatic rings. The van der Waals surface area contributed by atoms with Crippen molar-refractivity contribution in [3.05, 3.63) is 22.4 Å². The largest absolute Gasteiger partial charge is 0.299 e. The quantitative estimate of drug-likeness (QED) is 0.766.